The molecule has 2 aliphatic rings. The number of carbonyl (C=O) groups is 2. The molecule has 2 aromatic carbocycles. The maximum Gasteiger partial charge on any atom is 0.300 e. The molecule has 1 saturated heterocycles. The molecular formula is C28H39Cl2NO5S. The van der Waals surface area contributed by atoms with Crippen molar-refractivity contribution in [1.29, 1.82) is 0 Å². The number of hydrogen-bond acceptors (Lipinski definition) is 4. The maximum atomic E-state index is 12.2. The fourth-order valence-corrected chi connectivity index (χ4v) is 4.24. The third-order valence-electron chi connectivity index (χ3n) is 5.39. The topological polar surface area (TPSA) is 83.9 Å². The van der Waals surface area contributed by atoms with Crippen LogP contribution in [-0.2, 0) is 25.1 Å². The molecule has 1 aliphatic carbocycles. The van der Waals surface area contributed by atoms with Crippen molar-refractivity contribution in [2.75, 3.05) is 25.5 Å². The first-order chi connectivity index (χ1) is 17.4. The average molecular weight is 573 g/mol. The third kappa shape index (κ3) is 14.6. The van der Waals surface area contributed by atoms with Crippen LogP contribution in [0, 0.1) is 0 Å². The third-order valence-corrected chi connectivity index (χ3v) is 7.81. The molecule has 0 spiro atoms. The van der Waals surface area contributed by atoms with Gasteiger partial charge < -0.3 is 14.7 Å². The van der Waals surface area contributed by atoms with E-state index in [1.807, 2.05) is 75.4 Å². The summed E-state index contributed by atoms with van der Waals surface area (Å²) in [6.45, 7) is 7.93. The lowest BCUT2D eigenvalue weighted by Crippen LogP contribution is -2.46. The second-order valence-corrected chi connectivity index (χ2v) is 12.8. The summed E-state index contributed by atoms with van der Waals surface area (Å²) in [6.07, 6.45) is 6.00. The number of aliphatic carboxylic acids is 1. The van der Waals surface area contributed by atoms with Crippen molar-refractivity contribution < 1.29 is 23.6 Å². The largest absolute Gasteiger partial charge is 0.481 e. The van der Waals surface area contributed by atoms with Crippen molar-refractivity contribution in [3.8, 4) is 0 Å². The number of morpholine rings is 1. The van der Waals surface area contributed by atoms with Gasteiger partial charge in [0, 0.05) is 44.8 Å². The zero-order chi connectivity index (χ0) is 27.8. The minimum atomic E-state index is -0.985. The standard InChI is InChI=1S/C16H22ClNO3S.C6H5Cl.C4H8.C2H4O2/c1-16(2,3)22(20)9-8-18-14(10-21-11-15(18)19)12-4-6-13(17)7-5-12;7-6-4-2-1-3-5-6;1-2-4-3-1;1-2(3)4/h4-7,14H,8-11H2,1-3H3;1-5H;1-4H2;1H3,(H,3,4). The SMILES string of the molecule is C1CCC1.CC(=O)O.CC(C)(C)S(=O)CCN1C(=O)COCC1c1ccc(Cl)cc1.Clc1ccccc1. The van der Waals surface area contributed by atoms with Gasteiger partial charge in [-0.1, -0.05) is 79.2 Å². The minimum Gasteiger partial charge on any atom is -0.481 e. The van der Waals surface area contributed by atoms with Crippen molar-refractivity contribution in [2.45, 2.75) is 64.2 Å². The van der Waals surface area contributed by atoms with Gasteiger partial charge in [-0.2, -0.15) is 0 Å². The number of carboxylic acids is 1. The molecule has 1 N–H and O–H groups in total. The molecule has 9 heteroatoms. The highest BCUT2D eigenvalue weighted by Gasteiger charge is 2.31. The predicted octanol–water partition coefficient (Wildman–Crippen LogP) is 6.78. The van der Waals surface area contributed by atoms with E-state index >= 15 is 0 Å². The Bertz CT molecular complexity index is 953. The summed E-state index contributed by atoms with van der Waals surface area (Å²) in [5.41, 5.74) is 0.985. The Kier molecular flexibility index (Phi) is 15.7. The van der Waals surface area contributed by atoms with Gasteiger partial charge >= 0.3 is 0 Å². The summed E-state index contributed by atoms with van der Waals surface area (Å²) >= 11 is 11.5. The normalized spacial score (nSPS) is 17.4. The van der Waals surface area contributed by atoms with Crippen molar-refractivity contribution in [1.82, 2.24) is 4.90 Å². The van der Waals surface area contributed by atoms with Crippen LogP contribution in [-0.4, -0.2) is 56.4 Å². The van der Waals surface area contributed by atoms with Gasteiger partial charge in [0.15, 0.2) is 0 Å². The molecule has 1 aliphatic heterocycles. The summed E-state index contributed by atoms with van der Waals surface area (Å²) in [4.78, 5) is 23.0. The van der Waals surface area contributed by atoms with Crippen LogP contribution in [0.25, 0.3) is 0 Å². The van der Waals surface area contributed by atoms with Gasteiger partial charge in [-0.05, 0) is 50.6 Å². The van der Waals surface area contributed by atoms with Gasteiger partial charge in [0.2, 0.25) is 5.91 Å². The molecule has 4 rings (SSSR count). The Labute approximate surface area is 233 Å². The molecule has 6 nitrogen and oxygen atoms in total. The van der Waals surface area contributed by atoms with Crippen LogP contribution in [0.4, 0.5) is 0 Å². The highest BCUT2D eigenvalue weighted by molar-refractivity contribution is 7.86. The van der Waals surface area contributed by atoms with Gasteiger partial charge in [0.25, 0.3) is 5.97 Å². The lowest BCUT2D eigenvalue weighted by molar-refractivity contribution is -0.148. The van der Waals surface area contributed by atoms with E-state index in [-0.39, 0.29) is 23.3 Å². The first-order valence-electron chi connectivity index (χ1n) is 12.3. The summed E-state index contributed by atoms with van der Waals surface area (Å²) in [5, 5.41) is 8.87. The number of halogens is 2. The van der Waals surface area contributed by atoms with Gasteiger partial charge in [-0.15, -0.1) is 0 Å². The van der Waals surface area contributed by atoms with E-state index < -0.39 is 16.8 Å². The number of ether oxygens (including phenoxy) is 1. The summed E-state index contributed by atoms with van der Waals surface area (Å²) in [7, 11) is -0.985. The van der Waals surface area contributed by atoms with Crippen molar-refractivity contribution in [2.24, 2.45) is 0 Å². The van der Waals surface area contributed by atoms with Crippen LogP contribution in [0.3, 0.4) is 0 Å². The Morgan fingerprint density at radius 2 is 1.49 bits per heavy atom. The maximum absolute atomic E-state index is 12.2. The minimum absolute atomic E-state index is 0.0582. The van der Waals surface area contributed by atoms with Gasteiger partial charge in [0.05, 0.1) is 12.6 Å². The molecule has 2 unspecified atom stereocenters. The number of carbonyl (C=O) groups excluding carboxylic acids is 1. The predicted molar refractivity (Wildman–Crippen MR) is 153 cm³/mol. The van der Waals surface area contributed by atoms with Crippen molar-refractivity contribution in [3.63, 3.8) is 0 Å². The Balaban J connectivity index is 0.000000366. The van der Waals surface area contributed by atoms with Crippen LogP contribution in [0.1, 0.15) is 65.0 Å². The van der Waals surface area contributed by atoms with Crippen molar-refractivity contribution in [3.05, 3.63) is 70.2 Å². The monoisotopic (exact) mass is 571 g/mol. The molecule has 1 heterocycles. The van der Waals surface area contributed by atoms with E-state index in [9.17, 15) is 9.00 Å². The highest BCUT2D eigenvalue weighted by Crippen LogP contribution is 2.26. The molecular weight excluding hydrogens is 533 g/mol. The van der Waals surface area contributed by atoms with E-state index in [1.54, 1.807) is 4.90 Å². The van der Waals surface area contributed by atoms with Crippen LogP contribution < -0.4 is 0 Å². The number of nitrogens with zero attached hydrogens (tertiary/aromatic N) is 1. The van der Waals surface area contributed by atoms with Crippen molar-refractivity contribution >= 4 is 45.9 Å². The smallest absolute Gasteiger partial charge is 0.300 e. The lowest BCUT2D eigenvalue weighted by Gasteiger charge is -2.36. The first-order valence-corrected chi connectivity index (χ1v) is 14.4. The summed E-state index contributed by atoms with van der Waals surface area (Å²) < 4.78 is 17.3. The number of rotatable bonds is 4. The summed E-state index contributed by atoms with van der Waals surface area (Å²) in [5.74, 6) is -0.420. The lowest BCUT2D eigenvalue weighted by atomic mass is 10.0. The molecule has 37 heavy (non-hydrogen) atoms. The van der Waals surface area contributed by atoms with E-state index in [0.717, 1.165) is 17.5 Å². The Hall–Kier alpha value is -1.93. The molecule has 2 fully saturated rings. The molecule has 0 radical (unpaired) electrons. The van der Waals surface area contributed by atoms with Gasteiger partial charge in [-0.3, -0.25) is 13.8 Å². The van der Waals surface area contributed by atoms with E-state index in [0.29, 0.717) is 23.9 Å². The fraction of sp³-hybridized carbons (Fsp3) is 0.500. The van der Waals surface area contributed by atoms with Crippen LogP contribution in [0.2, 0.25) is 10.0 Å². The quantitative estimate of drug-likeness (QED) is 0.437. The van der Waals surface area contributed by atoms with E-state index in [2.05, 4.69) is 0 Å². The summed E-state index contributed by atoms with van der Waals surface area (Å²) in [6, 6.07) is 16.7. The molecule has 1 amide bonds. The molecule has 2 aromatic rings. The zero-order valence-corrected chi connectivity index (χ0v) is 24.5. The Morgan fingerprint density at radius 3 is 1.89 bits per heavy atom. The van der Waals surface area contributed by atoms with Crippen LogP contribution in [0.15, 0.2) is 54.6 Å². The van der Waals surface area contributed by atoms with E-state index in [1.165, 1.54) is 25.7 Å². The molecule has 0 bridgehead atoms. The highest BCUT2D eigenvalue weighted by atomic mass is 35.5. The number of hydrogen-bond donors (Lipinski definition) is 1. The second kappa shape index (κ2) is 17.6. The number of amides is 1. The first kappa shape index (κ1) is 33.1. The zero-order valence-electron chi connectivity index (χ0n) is 22.1. The molecule has 1 saturated carbocycles. The molecule has 0 aromatic heterocycles. The molecule has 2 atom stereocenters. The number of benzene rings is 2. The van der Waals surface area contributed by atoms with Crippen LogP contribution >= 0.6 is 23.2 Å². The Morgan fingerprint density at radius 1 is 1.00 bits per heavy atom. The second-order valence-electron chi connectivity index (χ2n) is 9.56. The number of carboxylic acid groups (broad SMARTS) is 1. The van der Waals surface area contributed by atoms with Crippen LogP contribution in [0.5, 0.6) is 0 Å². The van der Waals surface area contributed by atoms with E-state index in [4.69, 9.17) is 37.8 Å². The van der Waals surface area contributed by atoms with Gasteiger partial charge in [-0.25, -0.2) is 0 Å². The fourth-order valence-electron chi connectivity index (χ4n) is 3.00. The molecule has 206 valence electrons. The average Bonchev–Trinajstić information content (AvgIpc) is 2.77. The van der Waals surface area contributed by atoms with Gasteiger partial charge in [0.1, 0.15) is 6.61 Å².